The molecule has 0 atom stereocenters. The molecule has 0 bridgehead atoms. The van der Waals surface area contributed by atoms with Gasteiger partial charge in [0.25, 0.3) is 0 Å². The first-order chi connectivity index (χ1) is 9.24. The number of hydrogen-bond acceptors (Lipinski definition) is 6. The van der Waals surface area contributed by atoms with Gasteiger partial charge >= 0.3 is 0 Å². The second-order valence-corrected chi connectivity index (χ2v) is 3.90. The molecule has 0 spiro atoms. The van der Waals surface area contributed by atoms with E-state index < -0.39 is 0 Å². The molecule has 1 aromatic heterocycles. The van der Waals surface area contributed by atoms with E-state index in [-0.39, 0.29) is 6.54 Å². The Morgan fingerprint density at radius 1 is 1.26 bits per heavy atom. The molecular formula is C13H17N3O3. The highest BCUT2D eigenvalue weighted by Gasteiger charge is 2.18. The van der Waals surface area contributed by atoms with E-state index in [0.717, 1.165) is 23.3 Å². The first kappa shape index (κ1) is 13.4. The predicted octanol–water partition coefficient (Wildman–Crippen LogP) is 1.77. The van der Waals surface area contributed by atoms with Crippen LogP contribution in [0, 0.1) is 0 Å². The smallest absolute Gasteiger partial charge is 0.240 e. The Hall–Kier alpha value is -2.08. The van der Waals surface area contributed by atoms with Gasteiger partial charge in [-0.15, -0.1) is 0 Å². The first-order valence-electron chi connectivity index (χ1n) is 6.02. The van der Waals surface area contributed by atoms with Crippen molar-refractivity contribution in [2.45, 2.75) is 19.9 Å². The molecule has 2 N–H and O–H groups in total. The maximum absolute atomic E-state index is 5.47. The van der Waals surface area contributed by atoms with Crippen molar-refractivity contribution >= 4 is 0 Å². The highest BCUT2D eigenvalue weighted by atomic mass is 16.5. The normalized spacial score (nSPS) is 10.5. The standard InChI is InChI=1S/C13H17N3O3/c1-4-8-10(17-2)6-5-9(12(8)18-3)13-15-11(7-14)19-16-13/h5-6H,4,7,14H2,1-3H3. The third-order valence-electron chi connectivity index (χ3n) is 2.88. The van der Waals surface area contributed by atoms with Crippen molar-refractivity contribution in [2.24, 2.45) is 5.73 Å². The number of aromatic nitrogens is 2. The van der Waals surface area contributed by atoms with E-state index in [4.69, 9.17) is 19.7 Å². The van der Waals surface area contributed by atoms with Crippen LogP contribution in [0.15, 0.2) is 16.7 Å². The zero-order valence-electron chi connectivity index (χ0n) is 11.3. The van der Waals surface area contributed by atoms with Crippen LogP contribution in [-0.2, 0) is 13.0 Å². The number of rotatable bonds is 5. The SMILES string of the molecule is CCc1c(OC)ccc(-c2noc(CN)n2)c1OC. The summed E-state index contributed by atoms with van der Waals surface area (Å²) in [6.45, 7) is 2.25. The largest absolute Gasteiger partial charge is 0.496 e. The number of ether oxygens (including phenoxy) is 2. The predicted molar refractivity (Wildman–Crippen MR) is 70.1 cm³/mol. The van der Waals surface area contributed by atoms with Gasteiger partial charge in [-0.1, -0.05) is 12.1 Å². The van der Waals surface area contributed by atoms with Gasteiger partial charge in [0.15, 0.2) is 0 Å². The van der Waals surface area contributed by atoms with Crippen molar-refractivity contribution in [3.8, 4) is 22.9 Å². The minimum Gasteiger partial charge on any atom is -0.496 e. The Morgan fingerprint density at radius 3 is 2.58 bits per heavy atom. The zero-order valence-corrected chi connectivity index (χ0v) is 11.3. The van der Waals surface area contributed by atoms with Crippen molar-refractivity contribution < 1.29 is 14.0 Å². The van der Waals surface area contributed by atoms with Crippen LogP contribution in [0.5, 0.6) is 11.5 Å². The summed E-state index contributed by atoms with van der Waals surface area (Å²) < 4.78 is 15.8. The molecule has 2 aromatic rings. The fourth-order valence-electron chi connectivity index (χ4n) is 1.99. The molecule has 0 aliphatic rings. The molecule has 0 aliphatic heterocycles. The van der Waals surface area contributed by atoms with E-state index >= 15 is 0 Å². The Morgan fingerprint density at radius 2 is 2.05 bits per heavy atom. The molecule has 0 aliphatic carbocycles. The van der Waals surface area contributed by atoms with Crippen molar-refractivity contribution in [1.29, 1.82) is 0 Å². The van der Waals surface area contributed by atoms with Crippen molar-refractivity contribution in [3.05, 3.63) is 23.6 Å². The number of benzene rings is 1. The Balaban J connectivity index is 2.56. The summed E-state index contributed by atoms with van der Waals surface area (Å²) >= 11 is 0. The minimum atomic E-state index is 0.214. The quantitative estimate of drug-likeness (QED) is 0.885. The molecule has 2 rings (SSSR count). The number of methoxy groups -OCH3 is 2. The van der Waals surface area contributed by atoms with E-state index in [0.29, 0.717) is 17.5 Å². The molecule has 6 heteroatoms. The summed E-state index contributed by atoms with van der Waals surface area (Å²) in [5.74, 6) is 2.34. The van der Waals surface area contributed by atoms with Gasteiger partial charge in [0, 0.05) is 5.56 Å². The third-order valence-corrected chi connectivity index (χ3v) is 2.88. The van der Waals surface area contributed by atoms with Gasteiger partial charge in [-0.2, -0.15) is 4.98 Å². The molecule has 19 heavy (non-hydrogen) atoms. The van der Waals surface area contributed by atoms with E-state index in [1.165, 1.54) is 0 Å². The number of hydrogen-bond donors (Lipinski definition) is 1. The molecule has 6 nitrogen and oxygen atoms in total. The summed E-state index contributed by atoms with van der Waals surface area (Å²) in [6, 6.07) is 3.72. The lowest BCUT2D eigenvalue weighted by molar-refractivity contribution is 0.378. The van der Waals surface area contributed by atoms with E-state index in [2.05, 4.69) is 10.1 Å². The van der Waals surface area contributed by atoms with Crippen molar-refractivity contribution in [1.82, 2.24) is 10.1 Å². The van der Waals surface area contributed by atoms with Crippen LogP contribution in [-0.4, -0.2) is 24.4 Å². The second-order valence-electron chi connectivity index (χ2n) is 3.90. The number of nitrogens with zero attached hydrogens (tertiary/aromatic N) is 2. The van der Waals surface area contributed by atoms with E-state index in [1.54, 1.807) is 14.2 Å². The van der Waals surface area contributed by atoms with E-state index in [9.17, 15) is 0 Å². The monoisotopic (exact) mass is 263 g/mol. The highest BCUT2D eigenvalue weighted by molar-refractivity contribution is 5.69. The maximum Gasteiger partial charge on any atom is 0.240 e. The zero-order chi connectivity index (χ0) is 13.8. The molecule has 1 aromatic carbocycles. The summed E-state index contributed by atoms with van der Waals surface area (Å²) in [5.41, 5.74) is 7.21. The Labute approximate surface area is 111 Å². The molecule has 0 saturated carbocycles. The van der Waals surface area contributed by atoms with E-state index in [1.807, 2.05) is 19.1 Å². The van der Waals surface area contributed by atoms with Crippen molar-refractivity contribution in [2.75, 3.05) is 14.2 Å². The van der Waals surface area contributed by atoms with Crippen LogP contribution in [0.4, 0.5) is 0 Å². The lowest BCUT2D eigenvalue weighted by atomic mass is 10.0. The lowest BCUT2D eigenvalue weighted by Gasteiger charge is -2.14. The summed E-state index contributed by atoms with van der Waals surface area (Å²) in [5, 5.41) is 3.91. The summed E-state index contributed by atoms with van der Waals surface area (Å²) in [7, 11) is 3.25. The molecule has 1 heterocycles. The van der Waals surface area contributed by atoms with Crippen LogP contribution in [0.25, 0.3) is 11.4 Å². The van der Waals surface area contributed by atoms with Gasteiger partial charge in [0.2, 0.25) is 11.7 Å². The van der Waals surface area contributed by atoms with Crippen LogP contribution in [0.1, 0.15) is 18.4 Å². The fourth-order valence-corrected chi connectivity index (χ4v) is 1.99. The molecular weight excluding hydrogens is 246 g/mol. The topological polar surface area (TPSA) is 83.4 Å². The van der Waals surface area contributed by atoms with Crippen LogP contribution >= 0.6 is 0 Å². The molecule has 0 amide bonds. The van der Waals surface area contributed by atoms with Gasteiger partial charge in [-0.25, -0.2) is 0 Å². The highest BCUT2D eigenvalue weighted by Crippen LogP contribution is 2.37. The Kier molecular flexibility index (Phi) is 4.01. The number of nitrogens with two attached hydrogens (primary N) is 1. The van der Waals surface area contributed by atoms with Crippen LogP contribution in [0.3, 0.4) is 0 Å². The van der Waals surface area contributed by atoms with Gasteiger partial charge in [0.1, 0.15) is 11.5 Å². The Bertz CT molecular complexity index is 566. The average molecular weight is 263 g/mol. The third kappa shape index (κ3) is 2.39. The summed E-state index contributed by atoms with van der Waals surface area (Å²) in [6.07, 6.45) is 0.780. The first-order valence-corrected chi connectivity index (χ1v) is 6.02. The van der Waals surface area contributed by atoms with Gasteiger partial charge in [-0.3, -0.25) is 0 Å². The molecule has 0 fully saturated rings. The van der Waals surface area contributed by atoms with Gasteiger partial charge < -0.3 is 19.7 Å². The van der Waals surface area contributed by atoms with Crippen LogP contribution < -0.4 is 15.2 Å². The maximum atomic E-state index is 5.47. The molecule has 0 saturated heterocycles. The van der Waals surface area contributed by atoms with Gasteiger partial charge in [0.05, 0.1) is 26.3 Å². The summed E-state index contributed by atoms with van der Waals surface area (Å²) in [4.78, 5) is 4.21. The average Bonchev–Trinajstić information content (AvgIpc) is 2.94. The molecule has 102 valence electrons. The van der Waals surface area contributed by atoms with Crippen LogP contribution in [0.2, 0.25) is 0 Å². The van der Waals surface area contributed by atoms with Gasteiger partial charge in [-0.05, 0) is 18.6 Å². The lowest BCUT2D eigenvalue weighted by Crippen LogP contribution is -1.99. The molecule has 0 unspecified atom stereocenters. The second kappa shape index (κ2) is 5.71. The minimum absolute atomic E-state index is 0.214. The van der Waals surface area contributed by atoms with Crippen molar-refractivity contribution in [3.63, 3.8) is 0 Å². The molecule has 0 radical (unpaired) electrons. The fraction of sp³-hybridized carbons (Fsp3) is 0.385.